The summed E-state index contributed by atoms with van der Waals surface area (Å²) in [6, 6.07) is 0. The van der Waals surface area contributed by atoms with E-state index in [-0.39, 0.29) is 0 Å². The molecule has 0 aromatic carbocycles. The SMILES string of the molecule is CCCCCCCC1(C2(F)C=CCC=C2F)CCCCC1. The van der Waals surface area contributed by atoms with Crippen LogP contribution in [0.2, 0.25) is 0 Å². The molecule has 21 heavy (non-hydrogen) atoms. The molecular formula is C19H30F2. The maximum absolute atomic E-state index is 15.6. The van der Waals surface area contributed by atoms with Crippen molar-refractivity contribution in [2.45, 2.75) is 89.6 Å². The number of hydrogen-bond donors (Lipinski definition) is 0. The van der Waals surface area contributed by atoms with Gasteiger partial charge in [-0.25, -0.2) is 8.78 Å². The highest BCUT2D eigenvalue weighted by Gasteiger charge is 2.53. The van der Waals surface area contributed by atoms with Gasteiger partial charge in [0.15, 0.2) is 5.67 Å². The zero-order valence-corrected chi connectivity index (χ0v) is 13.5. The minimum Gasteiger partial charge on any atom is -0.231 e. The average molecular weight is 296 g/mol. The van der Waals surface area contributed by atoms with E-state index in [9.17, 15) is 4.39 Å². The van der Waals surface area contributed by atoms with E-state index in [1.54, 1.807) is 6.08 Å². The third kappa shape index (κ3) is 3.57. The molecule has 2 aliphatic rings. The van der Waals surface area contributed by atoms with Crippen molar-refractivity contribution in [1.82, 2.24) is 0 Å². The molecule has 0 radical (unpaired) electrons. The molecule has 0 saturated heterocycles. The minimum absolute atomic E-state index is 0.491. The van der Waals surface area contributed by atoms with Crippen molar-refractivity contribution in [2.75, 3.05) is 0 Å². The van der Waals surface area contributed by atoms with E-state index in [0.717, 1.165) is 44.9 Å². The normalized spacial score (nSPS) is 28.4. The molecule has 1 fully saturated rings. The molecule has 1 saturated carbocycles. The quantitative estimate of drug-likeness (QED) is 0.357. The van der Waals surface area contributed by atoms with Crippen molar-refractivity contribution in [3.63, 3.8) is 0 Å². The molecule has 0 bridgehead atoms. The van der Waals surface area contributed by atoms with Crippen LogP contribution < -0.4 is 0 Å². The van der Waals surface area contributed by atoms with E-state index in [1.807, 2.05) is 0 Å². The zero-order valence-electron chi connectivity index (χ0n) is 13.5. The van der Waals surface area contributed by atoms with Gasteiger partial charge in [-0.3, -0.25) is 0 Å². The summed E-state index contributed by atoms with van der Waals surface area (Å²) >= 11 is 0. The van der Waals surface area contributed by atoms with E-state index >= 15 is 4.39 Å². The van der Waals surface area contributed by atoms with Gasteiger partial charge >= 0.3 is 0 Å². The second kappa shape index (κ2) is 7.56. The molecule has 0 aromatic rings. The Morgan fingerprint density at radius 2 is 1.76 bits per heavy atom. The highest BCUT2D eigenvalue weighted by Crippen LogP contribution is 2.55. The highest BCUT2D eigenvalue weighted by atomic mass is 19.2. The fourth-order valence-electron chi connectivity index (χ4n) is 4.15. The molecule has 0 heterocycles. The molecule has 0 aliphatic heterocycles. The first-order valence-electron chi connectivity index (χ1n) is 8.87. The first kappa shape index (κ1) is 16.7. The van der Waals surface area contributed by atoms with Gasteiger partial charge in [0.05, 0.1) is 0 Å². The third-order valence-electron chi connectivity index (χ3n) is 5.47. The van der Waals surface area contributed by atoms with Gasteiger partial charge < -0.3 is 0 Å². The maximum atomic E-state index is 15.6. The van der Waals surface area contributed by atoms with Crippen molar-refractivity contribution >= 4 is 0 Å². The summed E-state index contributed by atoms with van der Waals surface area (Å²) in [4.78, 5) is 0. The molecule has 1 atom stereocenters. The summed E-state index contributed by atoms with van der Waals surface area (Å²) in [6.07, 6.45) is 16.9. The topological polar surface area (TPSA) is 0 Å². The largest absolute Gasteiger partial charge is 0.231 e. The van der Waals surface area contributed by atoms with Crippen LogP contribution >= 0.6 is 0 Å². The van der Waals surface area contributed by atoms with Crippen molar-refractivity contribution in [2.24, 2.45) is 5.41 Å². The van der Waals surface area contributed by atoms with E-state index in [0.29, 0.717) is 6.42 Å². The molecule has 0 N–H and O–H groups in total. The summed E-state index contributed by atoms with van der Waals surface area (Å²) in [5.41, 5.74) is -2.33. The summed E-state index contributed by atoms with van der Waals surface area (Å²) in [7, 11) is 0. The maximum Gasteiger partial charge on any atom is 0.185 e. The zero-order chi connectivity index (χ0) is 15.2. The van der Waals surface area contributed by atoms with Gasteiger partial charge in [-0.15, -0.1) is 0 Å². The average Bonchev–Trinajstić information content (AvgIpc) is 2.51. The summed E-state index contributed by atoms with van der Waals surface area (Å²) in [5, 5.41) is 0. The first-order chi connectivity index (χ1) is 10.1. The van der Waals surface area contributed by atoms with Crippen LogP contribution in [0.3, 0.4) is 0 Å². The van der Waals surface area contributed by atoms with E-state index in [1.165, 1.54) is 37.8 Å². The summed E-state index contributed by atoms with van der Waals surface area (Å²) in [6.45, 7) is 2.20. The number of unbranched alkanes of at least 4 members (excludes halogenated alkanes) is 4. The van der Waals surface area contributed by atoms with Crippen LogP contribution in [-0.4, -0.2) is 5.67 Å². The molecule has 0 aromatic heterocycles. The summed E-state index contributed by atoms with van der Waals surface area (Å²) < 4.78 is 29.9. The number of alkyl halides is 1. The molecule has 2 heteroatoms. The fraction of sp³-hybridized carbons (Fsp3) is 0.789. The Kier molecular flexibility index (Phi) is 6.01. The van der Waals surface area contributed by atoms with E-state index < -0.39 is 16.9 Å². The lowest BCUT2D eigenvalue weighted by Gasteiger charge is -2.47. The molecule has 120 valence electrons. The van der Waals surface area contributed by atoms with Gasteiger partial charge in [-0.2, -0.15) is 0 Å². The summed E-state index contributed by atoms with van der Waals surface area (Å²) in [5.74, 6) is -0.527. The minimum atomic E-state index is -1.84. The molecule has 1 unspecified atom stereocenters. The van der Waals surface area contributed by atoms with Crippen molar-refractivity contribution in [1.29, 1.82) is 0 Å². The first-order valence-corrected chi connectivity index (χ1v) is 8.87. The Balaban J connectivity index is 2.07. The van der Waals surface area contributed by atoms with Crippen LogP contribution in [0.15, 0.2) is 24.1 Å². The molecule has 0 nitrogen and oxygen atoms in total. The van der Waals surface area contributed by atoms with Gasteiger partial charge in [-0.05, 0) is 37.8 Å². The van der Waals surface area contributed by atoms with Gasteiger partial charge in [0.25, 0.3) is 0 Å². The van der Waals surface area contributed by atoms with Crippen molar-refractivity contribution in [3.8, 4) is 0 Å². The molecule has 2 rings (SSSR count). The molecular weight excluding hydrogens is 266 g/mol. The second-order valence-corrected chi connectivity index (χ2v) is 6.91. The standard InChI is InChI=1S/C19H30F2/c1-2-3-4-5-8-13-18(14-9-6-10-15-18)19(21)16-11-7-12-17(19)20/h11-12,16H,2-10,13-15H2,1H3. The number of halogens is 2. The predicted molar refractivity (Wildman–Crippen MR) is 85.7 cm³/mol. The Bertz CT molecular complexity index is 377. The van der Waals surface area contributed by atoms with Crippen LogP contribution in [0.25, 0.3) is 0 Å². The molecule has 0 amide bonds. The van der Waals surface area contributed by atoms with Crippen LogP contribution in [0.5, 0.6) is 0 Å². The fourth-order valence-corrected chi connectivity index (χ4v) is 4.15. The smallest absolute Gasteiger partial charge is 0.185 e. The van der Waals surface area contributed by atoms with Crippen LogP contribution in [0.4, 0.5) is 8.78 Å². The number of allylic oxidation sites excluding steroid dienone is 4. The second-order valence-electron chi connectivity index (χ2n) is 6.91. The lowest BCUT2D eigenvalue weighted by Crippen LogP contribution is -2.46. The number of rotatable bonds is 7. The Labute approximate surface area is 128 Å². The highest BCUT2D eigenvalue weighted by molar-refractivity contribution is 5.30. The van der Waals surface area contributed by atoms with Gasteiger partial charge in [-0.1, -0.05) is 64.4 Å². The van der Waals surface area contributed by atoms with Crippen LogP contribution in [0.1, 0.15) is 84.0 Å². The molecule has 0 spiro atoms. The van der Waals surface area contributed by atoms with Gasteiger partial charge in [0.1, 0.15) is 5.83 Å². The van der Waals surface area contributed by atoms with Crippen molar-refractivity contribution < 1.29 is 8.78 Å². The lowest BCUT2D eigenvalue weighted by atomic mass is 9.60. The Morgan fingerprint density at radius 3 is 2.43 bits per heavy atom. The van der Waals surface area contributed by atoms with Gasteiger partial charge in [0, 0.05) is 5.41 Å². The van der Waals surface area contributed by atoms with Crippen LogP contribution in [0, 0.1) is 5.41 Å². The predicted octanol–water partition coefficient (Wildman–Crippen LogP) is 6.82. The lowest BCUT2D eigenvalue weighted by molar-refractivity contribution is -0.000123. The van der Waals surface area contributed by atoms with Crippen molar-refractivity contribution in [3.05, 3.63) is 24.1 Å². The third-order valence-corrected chi connectivity index (χ3v) is 5.47. The Hall–Kier alpha value is -0.660. The Morgan fingerprint density at radius 1 is 1.05 bits per heavy atom. The monoisotopic (exact) mass is 296 g/mol. The van der Waals surface area contributed by atoms with E-state index in [2.05, 4.69) is 6.92 Å². The van der Waals surface area contributed by atoms with Crippen LogP contribution in [-0.2, 0) is 0 Å². The number of hydrogen-bond acceptors (Lipinski definition) is 0. The van der Waals surface area contributed by atoms with Gasteiger partial charge in [0.2, 0.25) is 0 Å². The van der Waals surface area contributed by atoms with E-state index in [4.69, 9.17) is 0 Å². The molecule has 2 aliphatic carbocycles.